The second-order valence-electron chi connectivity index (χ2n) is 9.79. The maximum absolute atomic E-state index is 12.9. The van der Waals surface area contributed by atoms with E-state index in [4.69, 9.17) is 19.7 Å². The van der Waals surface area contributed by atoms with Crippen molar-refractivity contribution in [2.45, 2.75) is 31.1 Å². The number of fused-ring (bicyclic) bond motifs is 1. The van der Waals surface area contributed by atoms with E-state index in [1.54, 1.807) is 25.1 Å². The smallest absolute Gasteiger partial charge is 0.267 e. The highest BCUT2D eigenvalue weighted by Gasteiger charge is 2.26. The number of anilines is 2. The molecule has 1 fully saturated rings. The summed E-state index contributed by atoms with van der Waals surface area (Å²) in [6.45, 7) is 6.45. The van der Waals surface area contributed by atoms with Crippen LogP contribution < -0.4 is 21.1 Å². The number of hydrogen-bond donors (Lipinski definition) is 4. The number of sulfonamides is 1. The van der Waals surface area contributed by atoms with Crippen molar-refractivity contribution in [3.8, 4) is 0 Å². The fraction of sp³-hybridized carbons (Fsp3) is 0.538. The van der Waals surface area contributed by atoms with Gasteiger partial charge in [-0.1, -0.05) is 16.5 Å². The molecule has 2 amide bonds. The Morgan fingerprint density at radius 3 is 2.64 bits per heavy atom. The molecule has 42 heavy (non-hydrogen) atoms. The van der Waals surface area contributed by atoms with Crippen molar-refractivity contribution < 1.29 is 32.0 Å². The van der Waals surface area contributed by atoms with E-state index < -0.39 is 10.0 Å². The van der Waals surface area contributed by atoms with E-state index >= 15 is 0 Å². The number of carbonyl (C=O) groups excluding carboxylic acids is 2. The van der Waals surface area contributed by atoms with Crippen LogP contribution in [0, 0.1) is 12.8 Å². The number of aromatic nitrogens is 2. The van der Waals surface area contributed by atoms with Crippen LogP contribution >= 0.6 is 11.3 Å². The minimum Gasteiger partial charge on any atom is -0.378 e. The molecule has 1 aromatic carbocycles. The van der Waals surface area contributed by atoms with Gasteiger partial charge in [-0.15, -0.1) is 0 Å². The number of thiazole rings is 1. The van der Waals surface area contributed by atoms with Gasteiger partial charge in [0.2, 0.25) is 11.8 Å². The van der Waals surface area contributed by atoms with Crippen molar-refractivity contribution in [3.63, 3.8) is 0 Å². The third-order valence-corrected chi connectivity index (χ3v) is 9.09. The highest BCUT2D eigenvalue weighted by atomic mass is 32.2. The molecule has 0 bridgehead atoms. The average Bonchev–Trinajstić information content (AvgIpc) is 3.59. The normalized spacial score (nSPS) is 14.7. The summed E-state index contributed by atoms with van der Waals surface area (Å²) in [5.74, 6) is -0.274. The number of likely N-dealkylation sites (tertiary alicyclic amines) is 1. The van der Waals surface area contributed by atoms with Gasteiger partial charge in [0.05, 0.1) is 42.3 Å². The zero-order valence-electron chi connectivity index (χ0n) is 23.5. The molecule has 0 atom stereocenters. The summed E-state index contributed by atoms with van der Waals surface area (Å²) >= 11 is 1.27. The maximum atomic E-state index is 12.9. The number of amides is 2. The van der Waals surface area contributed by atoms with E-state index in [-0.39, 0.29) is 28.3 Å². The predicted molar refractivity (Wildman–Crippen MR) is 158 cm³/mol. The number of carbonyl (C=O) groups is 2. The Bertz CT molecular complexity index is 1440. The molecule has 1 aliphatic heterocycles. The van der Waals surface area contributed by atoms with Crippen LogP contribution in [0.4, 0.5) is 10.8 Å². The van der Waals surface area contributed by atoms with Gasteiger partial charge in [-0.3, -0.25) is 14.3 Å². The Morgan fingerprint density at radius 1 is 1.17 bits per heavy atom. The van der Waals surface area contributed by atoms with E-state index in [0.29, 0.717) is 81.7 Å². The molecular weight excluding hydrogens is 586 g/mol. The molecule has 4 rings (SSSR count). The third kappa shape index (κ3) is 9.17. The molecule has 1 saturated heterocycles. The van der Waals surface area contributed by atoms with Crippen molar-refractivity contribution in [3.05, 3.63) is 30.2 Å². The SMILES string of the molecule is Cc1nocc1S(=O)(=O)Nc1ccc2nc(NC(=O)C3CCN(CCC(=O)NCCOCCOCCN)CC3)sc2c1. The number of nitrogens with two attached hydrogens (primary N) is 1. The summed E-state index contributed by atoms with van der Waals surface area (Å²) in [5, 5.41) is 9.84. The lowest BCUT2D eigenvalue weighted by Crippen LogP contribution is -2.40. The molecule has 16 heteroatoms. The summed E-state index contributed by atoms with van der Waals surface area (Å²) in [6, 6.07) is 4.98. The first kappa shape index (κ1) is 31.8. The van der Waals surface area contributed by atoms with Gasteiger partial charge in [-0.05, 0) is 51.1 Å². The Hall–Kier alpha value is -3.15. The van der Waals surface area contributed by atoms with Crippen molar-refractivity contribution >= 4 is 54.2 Å². The van der Waals surface area contributed by atoms with Gasteiger partial charge < -0.3 is 35.3 Å². The number of nitrogens with zero attached hydrogens (tertiary/aromatic N) is 3. The lowest BCUT2D eigenvalue weighted by molar-refractivity contribution is -0.123. The monoisotopic (exact) mass is 623 g/mol. The zero-order chi connectivity index (χ0) is 30.0. The first-order chi connectivity index (χ1) is 20.2. The molecule has 0 saturated carbocycles. The van der Waals surface area contributed by atoms with Gasteiger partial charge in [0.25, 0.3) is 10.0 Å². The lowest BCUT2D eigenvalue weighted by atomic mass is 9.96. The molecule has 14 nitrogen and oxygen atoms in total. The number of ether oxygens (including phenoxy) is 2. The molecule has 0 aliphatic carbocycles. The maximum Gasteiger partial charge on any atom is 0.267 e. The van der Waals surface area contributed by atoms with E-state index in [0.717, 1.165) is 24.1 Å². The Labute approximate surface area is 248 Å². The molecule has 1 aliphatic rings. The molecule has 230 valence electrons. The minimum absolute atomic E-state index is 0.0294. The second-order valence-corrected chi connectivity index (χ2v) is 12.5. The zero-order valence-corrected chi connectivity index (χ0v) is 25.1. The summed E-state index contributed by atoms with van der Waals surface area (Å²) < 4.78 is 43.9. The second kappa shape index (κ2) is 15.4. The molecule has 0 spiro atoms. The largest absolute Gasteiger partial charge is 0.378 e. The van der Waals surface area contributed by atoms with E-state index in [1.165, 1.54) is 11.3 Å². The van der Waals surface area contributed by atoms with Crippen molar-refractivity contribution in [1.29, 1.82) is 0 Å². The number of benzene rings is 1. The molecule has 5 N–H and O–H groups in total. The molecule has 2 aromatic heterocycles. The predicted octanol–water partition coefficient (Wildman–Crippen LogP) is 1.54. The van der Waals surface area contributed by atoms with Crippen LogP contribution in [0.2, 0.25) is 0 Å². The van der Waals surface area contributed by atoms with Crippen LogP contribution in [-0.4, -0.2) is 94.4 Å². The van der Waals surface area contributed by atoms with Gasteiger partial charge >= 0.3 is 0 Å². The van der Waals surface area contributed by atoms with Gasteiger partial charge in [0.1, 0.15) is 16.9 Å². The number of piperidine rings is 1. The highest BCUT2D eigenvalue weighted by Crippen LogP contribution is 2.30. The summed E-state index contributed by atoms with van der Waals surface area (Å²) in [5.41, 5.74) is 6.62. The van der Waals surface area contributed by atoms with E-state index in [2.05, 4.69) is 30.4 Å². The van der Waals surface area contributed by atoms with Gasteiger partial charge in [0, 0.05) is 32.0 Å². The van der Waals surface area contributed by atoms with Crippen molar-refractivity contribution in [2.24, 2.45) is 11.7 Å². The summed E-state index contributed by atoms with van der Waals surface area (Å²) in [4.78, 5) is 31.7. The fourth-order valence-electron chi connectivity index (χ4n) is 4.44. The molecular formula is C26H37N7O7S2. The molecule has 3 heterocycles. The van der Waals surface area contributed by atoms with Crippen LogP contribution in [0.1, 0.15) is 25.0 Å². The topological polar surface area (TPSA) is 191 Å². The number of hydrogen-bond acceptors (Lipinski definition) is 12. The number of rotatable bonds is 16. The quantitative estimate of drug-likeness (QED) is 0.169. The molecule has 3 aromatic rings. The van der Waals surface area contributed by atoms with Crippen LogP contribution in [0.15, 0.2) is 33.9 Å². The Morgan fingerprint density at radius 2 is 1.93 bits per heavy atom. The third-order valence-electron chi connectivity index (χ3n) is 6.68. The summed E-state index contributed by atoms with van der Waals surface area (Å²) in [7, 11) is -3.85. The summed E-state index contributed by atoms with van der Waals surface area (Å²) in [6.07, 6.45) is 2.85. The first-order valence-corrected chi connectivity index (χ1v) is 16.0. The minimum atomic E-state index is -3.85. The van der Waals surface area contributed by atoms with Crippen LogP contribution in [0.25, 0.3) is 10.2 Å². The lowest BCUT2D eigenvalue weighted by Gasteiger charge is -2.30. The van der Waals surface area contributed by atoms with Crippen LogP contribution in [0.5, 0.6) is 0 Å². The average molecular weight is 624 g/mol. The Kier molecular flexibility index (Phi) is 11.6. The van der Waals surface area contributed by atoms with E-state index in [9.17, 15) is 18.0 Å². The molecule has 0 unspecified atom stereocenters. The van der Waals surface area contributed by atoms with Gasteiger partial charge in [-0.2, -0.15) is 0 Å². The van der Waals surface area contributed by atoms with Crippen LogP contribution in [-0.2, 0) is 29.1 Å². The van der Waals surface area contributed by atoms with Crippen molar-refractivity contribution in [1.82, 2.24) is 20.4 Å². The Balaban J connectivity index is 1.16. The fourth-order valence-corrected chi connectivity index (χ4v) is 6.49. The standard InChI is InChI=1S/C26H37N7O7S2/c1-18-23(17-40-31-18)42(36,37)32-20-2-3-21-22(16-20)41-26(29-21)30-25(35)19-4-9-33(10-5-19)11-6-24(34)28-8-13-39-15-14-38-12-7-27/h2-3,16-17,19,32H,4-15,27H2,1H3,(H,28,34)(H,29,30,35). The number of nitrogens with one attached hydrogen (secondary N) is 3. The van der Waals surface area contributed by atoms with Gasteiger partial charge in [0.15, 0.2) is 5.13 Å². The van der Waals surface area contributed by atoms with Crippen molar-refractivity contribution in [2.75, 3.05) is 69.2 Å². The molecule has 0 radical (unpaired) electrons. The van der Waals surface area contributed by atoms with Crippen LogP contribution in [0.3, 0.4) is 0 Å². The first-order valence-electron chi connectivity index (χ1n) is 13.7. The van der Waals surface area contributed by atoms with Gasteiger partial charge in [-0.25, -0.2) is 13.4 Å². The highest BCUT2D eigenvalue weighted by molar-refractivity contribution is 7.92. The van der Waals surface area contributed by atoms with E-state index in [1.807, 2.05) is 0 Å². The number of aryl methyl sites for hydroxylation is 1.